The first-order chi connectivity index (χ1) is 9.66. The van der Waals surface area contributed by atoms with Crippen LogP contribution in [0.3, 0.4) is 0 Å². The van der Waals surface area contributed by atoms with E-state index < -0.39 is 5.92 Å². The van der Waals surface area contributed by atoms with Gasteiger partial charge in [-0.25, -0.2) is 0 Å². The maximum Gasteiger partial charge on any atom is 0.234 e. The normalized spacial score (nSPS) is 11.8. The van der Waals surface area contributed by atoms with Crippen LogP contribution in [0.5, 0.6) is 0 Å². The third-order valence-electron chi connectivity index (χ3n) is 3.00. The van der Waals surface area contributed by atoms with E-state index in [0.29, 0.717) is 6.54 Å². The van der Waals surface area contributed by atoms with Gasteiger partial charge in [-0.1, -0.05) is 42.5 Å². The highest BCUT2D eigenvalue weighted by Crippen LogP contribution is 2.16. The lowest BCUT2D eigenvalue weighted by Crippen LogP contribution is -2.36. The highest BCUT2D eigenvalue weighted by Gasteiger charge is 2.22. The average molecular weight is 294 g/mol. The first-order valence-corrected chi connectivity index (χ1v) is 7.18. The Kier molecular flexibility index (Phi) is 7.84. The zero-order valence-electron chi connectivity index (χ0n) is 11.8. The summed E-state index contributed by atoms with van der Waals surface area (Å²) in [5, 5.41) is 2.89. The predicted octanol–water partition coefficient (Wildman–Crippen LogP) is 1.99. The molecule has 0 saturated heterocycles. The van der Waals surface area contributed by atoms with Gasteiger partial charge in [0.15, 0.2) is 0 Å². The second-order valence-electron chi connectivity index (χ2n) is 4.59. The fraction of sp³-hybridized carbons (Fsp3) is 0.467. The van der Waals surface area contributed by atoms with Crippen molar-refractivity contribution >= 4 is 23.1 Å². The van der Waals surface area contributed by atoms with Crippen molar-refractivity contribution in [2.45, 2.75) is 25.2 Å². The van der Waals surface area contributed by atoms with Gasteiger partial charge in [-0.05, 0) is 24.8 Å². The summed E-state index contributed by atoms with van der Waals surface area (Å²) in [6.07, 6.45) is 2.95. The zero-order chi connectivity index (χ0) is 14.8. The Morgan fingerprint density at radius 2 is 2.00 bits per heavy atom. The summed E-state index contributed by atoms with van der Waals surface area (Å²) < 4.78 is 4.98. The molecule has 20 heavy (non-hydrogen) atoms. The number of thiocarbonyl (C=S) groups is 1. The summed E-state index contributed by atoms with van der Waals surface area (Å²) >= 11 is 5.01. The third-order valence-corrected chi connectivity index (χ3v) is 3.24. The van der Waals surface area contributed by atoms with Gasteiger partial charge < -0.3 is 15.8 Å². The Hall–Kier alpha value is -1.46. The number of carbonyl (C=O) groups is 1. The van der Waals surface area contributed by atoms with Crippen molar-refractivity contribution in [3.63, 3.8) is 0 Å². The van der Waals surface area contributed by atoms with Crippen molar-refractivity contribution < 1.29 is 9.53 Å². The molecular weight excluding hydrogens is 272 g/mol. The van der Waals surface area contributed by atoms with Gasteiger partial charge >= 0.3 is 0 Å². The van der Waals surface area contributed by atoms with Crippen LogP contribution >= 0.6 is 12.2 Å². The molecule has 0 fully saturated rings. The highest BCUT2D eigenvalue weighted by atomic mass is 32.1. The van der Waals surface area contributed by atoms with Crippen molar-refractivity contribution in [2.75, 3.05) is 20.3 Å². The SMILES string of the molecule is COCCCCCNC(=O)C(C(N)=S)c1ccccc1. The molecule has 0 aliphatic heterocycles. The number of ether oxygens (including phenoxy) is 1. The minimum absolute atomic E-state index is 0.129. The molecule has 3 N–H and O–H groups in total. The highest BCUT2D eigenvalue weighted by molar-refractivity contribution is 7.80. The maximum atomic E-state index is 12.2. The van der Waals surface area contributed by atoms with Crippen LogP contribution in [0.4, 0.5) is 0 Å². The van der Waals surface area contributed by atoms with Crippen molar-refractivity contribution in [1.82, 2.24) is 5.32 Å². The summed E-state index contributed by atoms with van der Waals surface area (Å²) in [5.74, 6) is -0.680. The fourth-order valence-electron chi connectivity index (χ4n) is 1.95. The molecule has 5 heteroatoms. The first kappa shape index (κ1) is 16.6. The molecule has 1 aromatic carbocycles. The molecule has 0 bridgehead atoms. The number of hydrogen-bond donors (Lipinski definition) is 2. The second kappa shape index (κ2) is 9.44. The fourth-order valence-corrected chi connectivity index (χ4v) is 2.20. The summed E-state index contributed by atoms with van der Waals surface area (Å²) in [4.78, 5) is 12.4. The Morgan fingerprint density at radius 3 is 2.60 bits per heavy atom. The molecule has 0 aliphatic carbocycles. The maximum absolute atomic E-state index is 12.2. The summed E-state index contributed by atoms with van der Waals surface area (Å²) in [7, 11) is 1.69. The molecule has 4 nitrogen and oxygen atoms in total. The van der Waals surface area contributed by atoms with Crippen LogP contribution in [-0.2, 0) is 9.53 Å². The number of nitrogens with one attached hydrogen (secondary N) is 1. The second-order valence-corrected chi connectivity index (χ2v) is 5.06. The van der Waals surface area contributed by atoms with E-state index in [1.165, 1.54) is 0 Å². The van der Waals surface area contributed by atoms with E-state index >= 15 is 0 Å². The number of hydrogen-bond acceptors (Lipinski definition) is 3. The van der Waals surface area contributed by atoms with Crippen molar-refractivity contribution in [3.05, 3.63) is 35.9 Å². The van der Waals surface area contributed by atoms with Gasteiger partial charge in [0.1, 0.15) is 5.92 Å². The van der Waals surface area contributed by atoms with Gasteiger partial charge in [0.05, 0.1) is 4.99 Å². The molecule has 1 atom stereocenters. The first-order valence-electron chi connectivity index (χ1n) is 6.77. The third kappa shape index (κ3) is 5.67. The Labute approximate surface area is 125 Å². The number of unbranched alkanes of at least 4 members (excludes halogenated alkanes) is 2. The van der Waals surface area contributed by atoms with E-state index in [-0.39, 0.29) is 10.9 Å². The zero-order valence-corrected chi connectivity index (χ0v) is 12.6. The minimum atomic E-state index is -0.551. The predicted molar refractivity (Wildman–Crippen MR) is 84.7 cm³/mol. The number of benzene rings is 1. The van der Waals surface area contributed by atoms with Crippen LogP contribution in [0.25, 0.3) is 0 Å². The molecule has 0 heterocycles. The summed E-state index contributed by atoms with van der Waals surface area (Å²) in [6.45, 7) is 1.39. The molecule has 0 aliphatic rings. The molecule has 1 aromatic rings. The summed E-state index contributed by atoms with van der Waals surface area (Å²) in [5.41, 5.74) is 6.52. The Bertz CT molecular complexity index is 423. The van der Waals surface area contributed by atoms with E-state index in [4.69, 9.17) is 22.7 Å². The monoisotopic (exact) mass is 294 g/mol. The van der Waals surface area contributed by atoms with Gasteiger partial charge in [-0.3, -0.25) is 4.79 Å². The molecule has 0 radical (unpaired) electrons. The van der Waals surface area contributed by atoms with Crippen LogP contribution in [0, 0.1) is 0 Å². The van der Waals surface area contributed by atoms with Crippen molar-refractivity contribution in [1.29, 1.82) is 0 Å². The molecule has 110 valence electrons. The molecule has 0 saturated carbocycles. The lowest BCUT2D eigenvalue weighted by Gasteiger charge is -2.15. The Morgan fingerprint density at radius 1 is 1.30 bits per heavy atom. The van der Waals surface area contributed by atoms with Crippen molar-refractivity contribution in [3.8, 4) is 0 Å². The average Bonchev–Trinajstić information content (AvgIpc) is 2.43. The van der Waals surface area contributed by atoms with Gasteiger partial charge in [-0.2, -0.15) is 0 Å². The summed E-state index contributed by atoms with van der Waals surface area (Å²) in [6, 6.07) is 9.37. The number of amides is 1. The lowest BCUT2D eigenvalue weighted by molar-refractivity contribution is -0.121. The Balaban J connectivity index is 2.44. The molecule has 1 amide bonds. The molecule has 0 aromatic heterocycles. The molecular formula is C15H22N2O2S. The van der Waals surface area contributed by atoms with Gasteiger partial charge in [0, 0.05) is 20.3 Å². The number of carbonyl (C=O) groups excluding carboxylic acids is 1. The molecule has 1 rings (SSSR count). The van der Waals surface area contributed by atoms with E-state index in [1.807, 2.05) is 30.3 Å². The van der Waals surface area contributed by atoms with Gasteiger partial charge in [-0.15, -0.1) is 0 Å². The van der Waals surface area contributed by atoms with E-state index in [2.05, 4.69) is 5.32 Å². The topological polar surface area (TPSA) is 64.3 Å². The van der Waals surface area contributed by atoms with Gasteiger partial charge in [0.25, 0.3) is 0 Å². The van der Waals surface area contributed by atoms with Crippen LogP contribution in [0.2, 0.25) is 0 Å². The smallest absolute Gasteiger partial charge is 0.234 e. The van der Waals surface area contributed by atoms with Crippen LogP contribution in [0.1, 0.15) is 30.7 Å². The number of nitrogens with two attached hydrogens (primary N) is 1. The van der Waals surface area contributed by atoms with E-state index in [9.17, 15) is 4.79 Å². The van der Waals surface area contributed by atoms with Crippen LogP contribution < -0.4 is 11.1 Å². The van der Waals surface area contributed by atoms with Crippen LogP contribution in [0.15, 0.2) is 30.3 Å². The van der Waals surface area contributed by atoms with E-state index in [1.54, 1.807) is 7.11 Å². The van der Waals surface area contributed by atoms with Gasteiger partial charge in [0.2, 0.25) is 5.91 Å². The number of rotatable bonds is 9. The van der Waals surface area contributed by atoms with E-state index in [0.717, 1.165) is 31.4 Å². The standard InChI is InChI=1S/C15H22N2O2S/c1-19-11-7-3-6-10-17-15(18)13(14(16)20)12-8-4-2-5-9-12/h2,4-5,8-9,13H,3,6-7,10-11H2,1H3,(H2,16,20)(H,17,18). The quantitative estimate of drug-likeness (QED) is 0.540. The van der Waals surface area contributed by atoms with Crippen molar-refractivity contribution in [2.24, 2.45) is 5.73 Å². The molecule has 1 unspecified atom stereocenters. The minimum Gasteiger partial charge on any atom is -0.392 e. The lowest BCUT2D eigenvalue weighted by atomic mass is 9.98. The molecule has 0 spiro atoms. The number of methoxy groups -OCH3 is 1. The largest absolute Gasteiger partial charge is 0.392 e. The van der Waals surface area contributed by atoms with Crippen LogP contribution in [-0.4, -0.2) is 31.2 Å².